The van der Waals surface area contributed by atoms with Gasteiger partial charge in [0.05, 0.1) is 42.9 Å². The minimum Gasteiger partial charge on any atom is -0.394 e. The molecule has 4 rings (SSSR count). The predicted octanol–water partition coefficient (Wildman–Crippen LogP) is 0.430. The molecule has 0 saturated carbocycles. The maximum Gasteiger partial charge on any atom is 0.229 e. The van der Waals surface area contributed by atoms with Gasteiger partial charge < -0.3 is 10.4 Å². The lowest BCUT2D eigenvalue weighted by Gasteiger charge is -2.30. The van der Waals surface area contributed by atoms with Crippen LogP contribution in [-0.2, 0) is 23.1 Å². The van der Waals surface area contributed by atoms with Gasteiger partial charge in [0.1, 0.15) is 0 Å². The number of piperidine rings is 1. The van der Waals surface area contributed by atoms with E-state index in [4.69, 9.17) is 5.11 Å². The molecule has 12 heteroatoms. The van der Waals surface area contributed by atoms with Gasteiger partial charge in [0, 0.05) is 32.0 Å². The van der Waals surface area contributed by atoms with Crippen LogP contribution in [0.25, 0.3) is 11.0 Å². The van der Waals surface area contributed by atoms with Gasteiger partial charge in [0.15, 0.2) is 5.65 Å². The molecular formula is C17H24N8O3S. The zero-order valence-electron chi connectivity index (χ0n) is 16.1. The first-order chi connectivity index (χ1) is 13.9. The minimum absolute atomic E-state index is 0.0146. The summed E-state index contributed by atoms with van der Waals surface area (Å²) < 4.78 is 28.7. The molecule has 4 heterocycles. The molecule has 0 spiro atoms. The van der Waals surface area contributed by atoms with Crippen LogP contribution in [0.15, 0.2) is 24.8 Å². The molecule has 0 aliphatic carbocycles. The second-order valence-corrected chi connectivity index (χ2v) is 9.25. The lowest BCUT2D eigenvalue weighted by molar-refractivity contribution is 0.242. The molecule has 3 aromatic heterocycles. The van der Waals surface area contributed by atoms with E-state index in [1.54, 1.807) is 33.8 Å². The summed E-state index contributed by atoms with van der Waals surface area (Å²) in [6.45, 7) is 2.11. The number of hydrogen-bond donors (Lipinski definition) is 2. The quantitative estimate of drug-likeness (QED) is 0.563. The highest BCUT2D eigenvalue weighted by atomic mass is 32.2. The summed E-state index contributed by atoms with van der Waals surface area (Å²) in [4.78, 5) is 8.89. The number of nitrogens with zero attached hydrogens (tertiary/aromatic N) is 7. The molecule has 0 amide bonds. The maximum absolute atomic E-state index is 11.9. The van der Waals surface area contributed by atoms with Crippen LogP contribution in [0.5, 0.6) is 0 Å². The summed E-state index contributed by atoms with van der Waals surface area (Å²) in [6, 6.07) is 0. The Balaban J connectivity index is 1.51. The van der Waals surface area contributed by atoms with Gasteiger partial charge in [-0.3, -0.25) is 4.68 Å². The van der Waals surface area contributed by atoms with E-state index in [-0.39, 0.29) is 12.5 Å². The standard InChI is InChI=1S/C17H24N8O3S/c1-29(27,28)24-4-2-3-13(10-24)11-25-16-14(8-20-25)7-18-17(22-16)21-15-9-19-23(12-15)5-6-26/h7-9,12-13,26H,2-6,10-11H2,1H3,(H,18,21,22). The van der Waals surface area contributed by atoms with Crippen LogP contribution < -0.4 is 5.32 Å². The van der Waals surface area contributed by atoms with Crippen LogP contribution in [0, 0.1) is 5.92 Å². The van der Waals surface area contributed by atoms with Crippen molar-refractivity contribution < 1.29 is 13.5 Å². The number of nitrogens with one attached hydrogen (secondary N) is 1. The Morgan fingerprint density at radius 1 is 1.28 bits per heavy atom. The van der Waals surface area contributed by atoms with Gasteiger partial charge in [0.25, 0.3) is 0 Å². The van der Waals surface area contributed by atoms with Crippen LogP contribution in [0.3, 0.4) is 0 Å². The van der Waals surface area contributed by atoms with Crippen molar-refractivity contribution in [3.63, 3.8) is 0 Å². The van der Waals surface area contributed by atoms with E-state index < -0.39 is 10.0 Å². The van der Waals surface area contributed by atoms with Crippen LogP contribution in [0.4, 0.5) is 11.6 Å². The number of hydrogen-bond acceptors (Lipinski definition) is 8. The molecule has 2 N–H and O–H groups in total. The second-order valence-electron chi connectivity index (χ2n) is 7.27. The van der Waals surface area contributed by atoms with Gasteiger partial charge in [-0.1, -0.05) is 0 Å². The van der Waals surface area contributed by atoms with E-state index in [1.165, 1.54) is 6.26 Å². The van der Waals surface area contributed by atoms with Crippen molar-refractivity contribution >= 4 is 32.7 Å². The average Bonchev–Trinajstić information content (AvgIpc) is 3.29. The molecule has 3 aromatic rings. The molecule has 156 valence electrons. The fourth-order valence-corrected chi connectivity index (χ4v) is 4.51. The van der Waals surface area contributed by atoms with Crippen molar-refractivity contribution in [2.24, 2.45) is 5.92 Å². The second kappa shape index (κ2) is 8.05. The summed E-state index contributed by atoms with van der Waals surface area (Å²) in [5.74, 6) is 0.605. The summed E-state index contributed by atoms with van der Waals surface area (Å²) in [5.41, 5.74) is 1.42. The maximum atomic E-state index is 11.9. The van der Waals surface area contributed by atoms with Crippen molar-refractivity contribution in [1.82, 2.24) is 33.8 Å². The third-order valence-corrected chi connectivity index (χ3v) is 6.25. The molecule has 11 nitrogen and oxygen atoms in total. The van der Waals surface area contributed by atoms with Crippen LogP contribution in [0.2, 0.25) is 0 Å². The van der Waals surface area contributed by atoms with Crippen molar-refractivity contribution in [2.75, 3.05) is 31.3 Å². The number of anilines is 2. The van der Waals surface area contributed by atoms with E-state index in [2.05, 4.69) is 25.5 Å². The fourth-order valence-electron chi connectivity index (χ4n) is 3.56. The SMILES string of the molecule is CS(=O)(=O)N1CCCC(Cn2ncc3cnc(Nc4cnn(CCO)c4)nc32)C1. The smallest absolute Gasteiger partial charge is 0.229 e. The Hall–Kier alpha value is -2.57. The van der Waals surface area contributed by atoms with E-state index >= 15 is 0 Å². The largest absolute Gasteiger partial charge is 0.394 e. The predicted molar refractivity (Wildman–Crippen MR) is 107 cm³/mol. The highest BCUT2D eigenvalue weighted by Gasteiger charge is 2.26. The van der Waals surface area contributed by atoms with E-state index in [1.807, 2.05) is 4.68 Å². The van der Waals surface area contributed by atoms with E-state index in [0.717, 1.165) is 23.9 Å². The molecule has 1 aliphatic rings. The van der Waals surface area contributed by atoms with Crippen molar-refractivity contribution in [2.45, 2.75) is 25.9 Å². The Morgan fingerprint density at radius 3 is 2.93 bits per heavy atom. The molecule has 1 saturated heterocycles. The molecule has 0 radical (unpaired) electrons. The average molecular weight is 420 g/mol. The van der Waals surface area contributed by atoms with Crippen molar-refractivity contribution in [3.05, 3.63) is 24.8 Å². The van der Waals surface area contributed by atoms with Gasteiger partial charge in [-0.15, -0.1) is 0 Å². The highest BCUT2D eigenvalue weighted by Crippen LogP contribution is 2.22. The van der Waals surface area contributed by atoms with Crippen molar-refractivity contribution in [1.29, 1.82) is 0 Å². The van der Waals surface area contributed by atoms with Gasteiger partial charge in [0.2, 0.25) is 16.0 Å². The summed E-state index contributed by atoms with van der Waals surface area (Å²) in [7, 11) is -3.18. The Morgan fingerprint density at radius 2 is 2.14 bits per heavy atom. The molecule has 29 heavy (non-hydrogen) atoms. The van der Waals surface area contributed by atoms with Gasteiger partial charge in [-0.25, -0.2) is 22.4 Å². The molecule has 1 atom stereocenters. The summed E-state index contributed by atoms with van der Waals surface area (Å²) in [5, 5.41) is 21.5. The van der Waals surface area contributed by atoms with Crippen molar-refractivity contribution in [3.8, 4) is 0 Å². The van der Waals surface area contributed by atoms with Crippen LogP contribution in [0.1, 0.15) is 12.8 Å². The summed E-state index contributed by atoms with van der Waals surface area (Å²) in [6.07, 6.45) is 9.88. The number of aliphatic hydroxyl groups excluding tert-OH is 1. The third kappa shape index (κ3) is 4.54. The molecule has 1 aliphatic heterocycles. The summed E-state index contributed by atoms with van der Waals surface area (Å²) >= 11 is 0. The monoisotopic (exact) mass is 420 g/mol. The molecule has 1 unspecified atom stereocenters. The Kier molecular flexibility index (Phi) is 5.48. The Labute approximate surface area is 168 Å². The molecule has 1 fully saturated rings. The zero-order chi connectivity index (χ0) is 20.4. The number of rotatable bonds is 7. The van der Waals surface area contributed by atoms with E-state index in [9.17, 15) is 8.42 Å². The third-order valence-electron chi connectivity index (χ3n) is 4.98. The number of aromatic nitrogens is 6. The van der Waals surface area contributed by atoms with E-state index in [0.29, 0.717) is 37.8 Å². The first kappa shape index (κ1) is 19.7. The molecule has 0 bridgehead atoms. The number of fused-ring (bicyclic) bond motifs is 1. The van der Waals surface area contributed by atoms with Crippen LogP contribution >= 0.6 is 0 Å². The first-order valence-corrected chi connectivity index (χ1v) is 11.3. The topological polar surface area (TPSA) is 131 Å². The zero-order valence-corrected chi connectivity index (χ0v) is 17.0. The number of aliphatic hydroxyl groups is 1. The lowest BCUT2D eigenvalue weighted by Crippen LogP contribution is -2.40. The lowest BCUT2D eigenvalue weighted by atomic mass is 10.00. The molecular weight excluding hydrogens is 396 g/mol. The normalized spacial score (nSPS) is 18.3. The van der Waals surface area contributed by atoms with Crippen LogP contribution in [-0.4, -0.2) is 73.3 Å². The minimum atomic E-state index is -3.18. The fraction of sp³-hybridized carbons (Fsp3) is 0.529. The first-order valence-electron chi connectivity index (χ1n) is 9.46. The number of sulfonamides is 1. The molecule has 0 aromatic carbocycles. The van der Waals surface area contributed by atoms with Gasteiger partial charge >= 0.3 is 0 Å². The van der Waals surface area contributed by atoms with Gasteiger partial charge in [-0.2, -0.15) is 15.2 Å². The Bertz CT molecular complexity index is 1090. The highest BCUT2D eigenvalue weighted by molar-refractivity contribution is 7.88. The van der Waals surface area contributed by atoms with Gasteiger partial charge in [-0.05, 0) is 18.8 Å².